The van der Waals surface area contributed by atoms with Crippen LogP contribution in [0.3, 0.4) is 0 Å². The fourth-order valence-electron chi connectivity index (χ4n) is 1.31. The van der Waals surface area contributed by atoms with Crippen LogP contribution in [-0.4, -0.2) is 11.9 Å². The Morgan fingerprint density at radius 1 is 1.50 bits per heavy atom. The number of hydrogen-bond donors (Lipinski definition) is 2. The van der Waals surface area contributed by atoms with Gasteiger partial charge in [-0.2, -0.15) is 0 Å². The summed E-state index contributed by atoms with van der Waals surface area (Å²) in [4.78, 5) is 11.8. The van der Waals surface area contributed by atoms with Gasteiger partial charge in [0.05, 0.1) is 18.3 Å². The Bertz CT molecular complexity index is 338. The number of rotatable bonds is 3. The summed E-state index contributed by atoms with van der Waals surface area (Å²) in [6.07, 6.45) is 1.58. The first-order chi connectivity index (χ1) is 7.32. The summed E-state index contributed by atoms with van der Waals surface area (Å²) < 4.78 is 5.21. The van der Waals surface area contributed by atoms with Crippen LogP contribution in [0, 0.1) is 5.41 Å². The topological polar surface area (TPSA) is 68.3 Å². The zero-order chi connectivity index (χ0) is 12.3. The van der Waals surface area contributed by atoms with Crippen molar-refractivity contribution in [3.8, 4) is 0 Å². The molecule has 1 amide bonds. The molecule has 0 aromatic carbocycles. The molecule has 0 radical (unpaired) electrons. The van der Waals surface area contributed by atoms with Crippen molar-refractivity contribution in [1.29, 1.82) is 0 Å². The van der Waals surface area contributed by atoms with Crippen LogP contribution in [-0.2, 0) is 4.79 Å². The molecule has 4 heteroatoms. The molecule has 0 aliphatic carbocycles. The number of carbonyl (C=O) groups excluding carboxylic acids is 1. The molecule has 0 saturated carbocycles. The molecule has 0 saturated heterocycles. The molecule has 16 heavy (non-hydrogen) atoms. The van der Waals surface area contributed by atoms with Crippen molar-refractivity contribution >= 4 is 5.91 Å². The Morgan fingerprint density at radius 2 is 2.12 bits per heavy atom. The summed E-state index contributed by atoms with van der Waals surface area (Å²) in [5.74, 6) is 0.575. The number of furan rings is 1. The molecular weight excluding hydrogens is 204 g/mol. The molecular formula is C12H20N2O2. The van der Waals surface area contributed by atoms with Crippen LogP contribution < -0.4 is 11.1 Å². The van der Waals surface area contributed by atoms with E-state index >= 15 is 0 Å². The van der Waals surface area contributed by atoms with Crippen molar-refractivity contribution in [1.82, 2.24) is 5.32 Å². The van der Waals surface area contributed by atoms with E-state index in [9.17, 15) is 4.79 Å². The van der Waals surface area contributed by atoms with E-state index in [4.69, 9.17) is 10.2 Å². The maximum absolute atomic E-state index is 11.8. The molecule has 1 rings (SSSR count). The first-order valence-electron chi connectivity index (χ1n) is 5.41. The molecule has 1 aromatic rings. The lowest BCUT2D eigenvalue weighted by Crippen LogP contribution is -2.49. The van der Waals surface area contributed by atoms with Crippen molar-refractivity contribution in [3.63, 3.8) is 0 Å². The van der Waals surface area contributed by atoms with Crippen LogP contribution in [0.2, 0.25) is 0 Å². The van der Waals surface area contributed by atoms with E-state index in [1.54, 1.807) is 12.3 Å². The van der Waals surface area contributed by atoms with E-state index in [1.807, 2.05) is 33.8 Å². The largest absolute Gasteiger partial charge is 0.467 e. The average molecular weight is 224 g/mol. The maximum atomic E-state index is 11.8. The number of nitrogens with two attached hydrogens (primary N) is 1. The summed E-state index contributed by atoms with van der Waals surface area (Å²) in [6.45, 7) is 7.69. The van der Waals surface area contributed by atoms with E-state index in [-0.39, 0.29) is 17.4 Å². The Morgan fingerprint density at radius 3 is 2.56 bits per heavy atom. The Hall–Kier alpha value is -1.29. The quantitative estimate of drug-likeness (QED) is 0.823. The Labute approximate surface area is 96.2 Å². The summed E-state index contributed by atoms with van der Waals surface area (Å²) in [7, 11) is 0. The van der Waals surface area contributed by atoms with Crippen LogP contribution in [0.4, 0.5) is 0 Å². The SMILES string of the molecule is C[C@@H](NC(=O)[C@H](N)C(C)(C)C)c1ccco1. The number of carbonyl (C=O) groups is 1. The molecule has 0 spiro atoms. The second kappa shape index (κ2) is 4.70. The summed E-state index contributed by atoms with van der Waals surface area (Å²) in [6, 6.07) is 2.94. The lowest BCUT2D eigenvalue weighted by Gasteiger charge is -2.27. The van der Waals surface area contributed by atoms with Crippen molar-refractivity contribution in [2.75, 3.05) is 0 Å². The Kier molecular flexibility index (Phi) is 3.75. The molecule has 1 aromatic heterocycles. The predicted molar refractivity (Wildman–Crippen MR) is 62.7 cm³/mol. The van der Waals surface area contributed by atoms with Gasteiger partial charge in [-0.1, -0.05) is 20.8 Å². The van der Waals surface area contributed by atoms with E-state index in [1.165, 1.54) is 0 Å². The lowest BCUT2D eigenvalue weighted by atomic mass is 9.87. The van der Waals surface area contributed by atoms with Crippen molar-refractivity contribution in [2.45, 2.75) is 39.8 Å². The van der Waals surface area contributed by atoms with Gasteiger partial charge in [0.2, 0.25) is 5.91 Å². The minimum absolute atomic E-state index is 0.156. The monoisotopic (exact) mass is 224 g/mol. The standard InChI is InChI=1S/C12H20N2O2/c1-8(9-6-5-7-16-9)14-11(15)10(13)12(2,3)4/h5-8,10H,13H2,1-4H3,(H,14,15)/t8-,10+/m1/s1. The van der Waals surface area contributed by atoms with Crippen LogP contribution >= 0.6 is 0 Å². The normalized spacial score (nSPS) is 15.6. The summed E-state index contributed by atoms with van der Waals surface area (Å²) in [5.41, 5.74) is 5.61. The summed E-state index contributed by atoms with van der Waals surface area (Å²) >= 11 is 0. The first-order valence-corrected chi connectivity index (χ1v) is 5.41. The molecule has 2 atom stereocenters. The molecule has 0 fully saturated rings. The fraction of sp³-hybridized carbons (Fsp3) is 0.583. The second-order valence-electron chi connectivity index (χ2n) is 5.09. The fourth-order valence-corrected chi connectivity index (χ4v) is 1.31. The third-order valence-electron chi connectivity index (χ3n) is 2.54. The molecule has 0 bridgehead atoms. The zero-order valence-corrected chi connectivity index (χ0v) is 10.3. The lowest BCUT2D eigenvalue weighted by molar-refractivity contribution is -0.125. The van der Waals surface area contributed by atoms with Gasteiger partial charge in [-0.25, -0.2) is 0 Å². The molecule has 0 aliphatic heterocycles. The summed E-state index contributed by atoms with van der Waals surface area (Å²) in [5, 5.41) is 2.83. The van der Waals surface area contributed by atoms with E-state index in [0.29, 0.717) is 0 Å². The van der Waals surface area contributed by atoms with Gasteiger partial charge in [-0.15, -0.1) is 0 Å². The molecule has 0 aliphatic rings. The maximum Gasteiger partial charge on any atom is 0.238 e. The van der Waals surface area contributed by atoms with Gasteiger partial charge in [0, 0.05) is 0 Å². The highest BCUT2D eigenvalue weighted by molar-refractivity contribution is 5.82. The molecule has 90 valence electrons. The highest BCUT2D eigenvalue weighted by Crippen LogP contribution is 2.19. The highest BCUT2D eigenvalue weighted by Gasteiger charge is 2.28. The molecule has 1 heterocycles. The molecule has 3 N–H and O–H groups in total. The van der Waals surface area contributed by atoms with Gasteiger partial charge < -0.3 is 15.5 Å². The highest BCUT2D eigenvalue weighted by atomic mass is 16.3. The minimum atomic E-state index is -0.523. The van der Waals surface area contributed by atoms with Crippen molar-refractivity contribution in [3.05, 3.63) is 24.2 Å². The number of amides is 1. The van der Waals surface area contributed by atoms with E-state index in [0.717, 1.165) is 5.76 Å². The van der Waals surface area contributed by atoms with E-state index in [2.05, 4.69) is 5.32 Å². The van der Waals surface area contributed by atoms with Crippen LogP contribution in [0.15, 0.2) is 22.8 Å². The number of hydrogen-bond acceptors (Lipinski definition) is 3. The van der Waals surface area contributed by atoms with Crippen molar-refractivity contribution in [2.24, 2.45) is 11.1 Å². The molecule has 4 nitrogen and oxygen atoms in total. The zero-order valence-electron chi connectivity index (χ0n) is 10.3. The van der Waals surface area contributed by atoms with Gasteiger partial charge in [0.25, 0.3) is 0 Å². The molecule has 0 unspecified atom stereocenters. The predicted octanol–water partition coefficient (Wildman–Crippen LogP) is 1.83. The number of nitrogens with one attached hydrogen (secondary N) is 1. The first kappa shape index (κ1) is 12.8. The average Bonchev–Trinajstić information content (AvgIpc) is 2.67. The van der Waals surface area contributed by atoms with Gasteiger partial charge >= 0.3 is 0 Å². The Balaban J connectivity index is 2.59. The smallest absolute Gasteiger partial charge is 0.238 e. The third-order valence-corrected chi connectivity index (χ3v) is 2.54. The van der Waals surface area contributed by atoms with Crippen LogP contribution in [0.5, 0.6) is 0 Å². The second-order valence-corrected chi connectivity index (χ2v) is 5.09. The van der Waals surface area contributed by atoms with Crippen molar-refractivity contribution < 1.29 is 9.21 Å². The van der Waals surface area contributed by atoms with Gasteiger partial charge in [-0.05, 0) is 24.5 Å². The van der Waals surface area contributed by atoms with Crippen LogP contribution in [0.1, 0.15) is 39.5 Å². The van der Waals surface area contributed by atoms with Gasteiger partial charge in [-0.3, -0.25) is 4.79 Å². The van der Waals surface area contributed by atoms with Crippen LogP contribution in [0.25, 0.3) is 0 Å². The van der Waals surface area contributed by atoms with E-state index < -0.39 is 6.04 Å². The minimum Gasteiger partial charge on any atom is -0.467 e. The van der Waals surface area contributed by atoms with Gasteiger partial charge in [0.15, 0.2) is 0 Å². The third kappa shape index (κ3) is 3.10. The van der Waals surface area contributed by atoms with Gasteiger partial charge in [0.1, 0.15) is 5.76 Å².